The molecule has 2 aromatic rings. The van der Waals surface area contributed by atoms with Crippen LogP contribution in [0.5, 0.6) is 0 Å². The molecular weight excluding hydrogens is 236 g/mol. The van der Waals surface area contributed by atoms with Gasteiger partial charge in [0, 0.05) is 26.2 Å². The molecule has 1 aliphatic heterocycles. The minimum Gasteiger partial charge on any atom is -0.465 e. The molecule has 0 unspecified atom stereocenters. The summed E-state index contributed by atoms with van der Waals surface area (Å²) >= 11 is 0. The van der Waals surface area contributed by atoms with Crippen molar-refractivity contribution in [3.8, 4) is 0 Å². The molecule has 8 nitrogen and oxygen atoms in total. The number of rotatable bonds is 1. The van der Waals surface area contributed by atoms with Gasteiger partial charge in [0.2, 0.25) is 0 Å². The first kappa shape index (κ1) is 10.8. The molecule has 0 aliphatic carbocycles. The zero-order chi connectivity index (χ0) is 12.5. The van der Waals surface area contributed by atoms with Gasteiger partial charge in [-0.25, -0.2) is 14.8 Å². The van der Waals surface area contributed by atoms with Crippen LogP contribution < -0.4 is 4.90 Å². The topological polar surface area (TPSA) is 98.2 Å². The number of hydrogen-bond acceptors (Lipinski definition) is 5. The van der Waals surface area contributed by atoms with Gasteiger partial charge < -0.3 is 14.9 Å². The largest absolute Gasteiger partial charge is 0.465 e. The molecule has 94 valence electrons. The van der Waals surface area contributed by atoms with E-state index in [0.717, 1.165) is 11.2 Å². The minimum atomic E-state index is -0.870. The monoisotopic (exact) mass is 248 g/mol. The van der Waals surface area contributed by atoms with Gasteiger partial charge in [0.15, 0.2) is 5.65 Å². The van der Waals surface area contributed by atoms with E-state index in [2.05, 4.69) is 25.1 Å². The number of H-pyrrole nitrogens is 1. The first-order valence-electron chi connectivity index (χ1n) is 5.62. The van der Waals surface area contributed by atoms with Gasteiger partial charge in [0.1, 0.15) is 12.1 Å². The summed E-state index contributed by atoms with van der Waals surface area (Å²) in [6.07, 6.45) is 2.30. The molecule has 2 aromatic heterocycles. The summed E-state index contributed by atoms with van der Waals surface area (Å²) in [5.74, 6) is 0.804. The van der Waals surface area contributed by atoms with E-state index in [1.165, 1.54) is 11.2 Å². The van der Waals surface area contributed by atoms with Crippen LogP contribution in [0.1, 0.15) is 0 Å². The molecule has 18 heavy (non-hydrogen) atoms. The van der Waals surface area contributed by atoms with E-state index < -0.39 is 6.09 Å². The second-order valence-corrected chi connectivity index (χ2v) is 4.09. The van der Waals surface area contributed by atoms with Gasteiger partial charge >= 0.3 is 6.09 Å². The summed E-state index contributed by atoms with van der Waals surface area (Å²) in [6, 6.07) is 0. The molecular formula is C10H12N6O2. The standard InChI is InChI=1S/C10H12N6O2/c17-10(18)16-3-1-15(2-4-16)9-7-5-13-14-8(7)11-6-12-9/h5-6H,1-4H2,(H,17,18)(H,11,12,13,14). The van der Waals surface area contributed by atoms with Crippen LogP contribution in [-0.2, 0) is 0 Å². The van der Waals surface area contributed by atoms with Gasteiger partial charge in [-0.15, -0.1) is 0 Å². The van der Waals surface area contributed by atoms with Crippen molar-refractivity contribution in [3.05, 3.63) is 12.5 Å². The Bertz CT molecular complexity index is 575. The minimum absolute atomic E-state index is 0.485. The van der Waals surface area contributed by atoms with Crippen molar-refractivity contribution < 1.29 is 9.90 Å². The summed E-state index contributed by atoms with van der Waals surface area (Å²) in [4.78, 5) is 22.6. The molecule has 3 rings (SSSR count). The fourth-order valence-electron chi connectivity index (χ4n) is 2.11. The molecule has 1 saturated heterocycles. The Hall–Kier alpha value is -2.38. The number of hydrogen-bond donors (Lipinski definition) is 2. The van der Waals surface area contributed by atoms with Crippen molar-refractivity contribution in [1.29, 1.82) is 0 Å². The van der Waals surface area contributed by atoms with Crippen LogP contribution in [0, 0.1) is 0 Å². The number of aromatic nitrogens is 4. The van der Waals surface area contributed by atoms with Crippen LogP contribution >= 0.6 is 0 Å². The number of piperazine rings is 1. The summed E-state index contributed by atoms with van der Waals surface area (Å²) < 4.78 is 0. The van der Waals surface area contributed by atoms with E-state index in [9.17, 15) is 4.79 Å². The highest BCUT2D eigenvalue weighted by atomic mass is 16.4. The molecule has 0 spiro atoms. The predicted molar refractivity (Wildman–Crippen MR) is 63.5 cm³/mol. The lowest BCUT2D eigenvalue weighted by Crippen LogP contribution is -2.48. The SMILES string of the molecule is O=C(O)N1CCN(c2ncnc3[nH]ncc23)CC1. The van der Waals surface area contributed by atoms with Crippen LogP contribution in [0.4, 0.5) is 10.6 Å². The third-order valence-electron chi connectivity index (χ3n) is 3.08. The Kier molecular flexibility index (Phi) is 2.47. The van der Waals surface area contributed by atoms with Crippen molar-refractivity contribution in [2.45, 2.75) is 0 Å². The van der Waals surface area contributed by atoms with E-state index in [-0.39, 0.29) is 0 Å². The smallest absolute Gasteiger partial charge is 0.407 e. The van der Waals surface area contributed by atoms with Crippen LogP contribution in [0.25, 0.3) is 11.0 Å². The lowest BCUT2D eigenvalue weighted by atomic mass is 10.3. The zero-order valence-corrected chi connectivity index (χ0v) is 9.57. The third kappa shape index (κ3) is 1.71. The second kappa shape index (κ2) is 4.13. The Labute approximate surface area is 102 Å². The number of fused-ring (bicyclic) bond motifs is 1. The molecule has 3 heterocycles. The molecule has 1 aliphatic rings. The molecule has 2 N–H and O–H groups in total. The molecule has 8 heteroatoms. The Morgan fingerprint density at radius 1 is 1.28 bits per heavy atom. The van der Waals surface area contributed by atoms with E-state index in [1.54, 1.807) is 6.20 Å². The summed E-state index contributed by atoms with van der Waals surface area (Å²) in [6.45, 7) is 2.23. The Morgan fingerprint density at radius 2 is 2.06 bits per heavy atom. The van der Waals surface area contributed by atoms with E-state index >= 15 is 0 Å². The maximum absolute atomic E-state index is 10.8. The molecule has 0 atom stereocenters. The van der Waals surface area contributed by atoms with Gasteiger partial charge in [-0.2, -0.15) is 5.10 Å². The van der Waals surface area contributed by atoms with Crippen LogP contribution in [0.2, 0.25) is 0 Å². The van der Waals surface area contributed by atoms with Gasteiger partial charge in [0.05, 0.1) is 11.6 Å². The first-order valence-corrected chi connectivity index (χ1v) is 5.62. The maximum atomic E-state index is 10.8. The van der Waals surface area contributed by atoms with Gasteiger partial charge in [0.25, 0.3) is 0 Å². The molecule has 1 amide bonds. The summed E-state index contributed by atoms with van der Waals surface area (Å²) in [5.41, 5.74) is 0.695. The molecule has 0 saturated carbocycles. The quantitative estimate of drug-likeness (QED) is 0.745. The number of anilines is 1. The highest BCUT2D eigenvalue weighted by molar-refractivity contribution is 5.86. The average Bonchev–Trinajstić information content (AvgIpc) is 2.87. The van der Waals surface area contributed by atoms with Crippen molar-refractivity contribution >= 4 is 22.9 Å². The lowest BCUT2D eigenvalue weighted by molar-refractivity contribution is 0.142. The molecule has 0 radical (unpaired) electrons. The molecule has 0 bridgehead atoms. The van der Waals surface area contributed by atoms with Crippen LogP contribution in [0.3, 0.4) is 0 Å². The second-order valence-electron chi connectivity index (χ2n) is 4.09. The van der Waals surface area contributed by atoms with Crippen LogP contribution in [-0.4, -0.2) is 62.4 Å². The number of amides is 1. The Balaban J connectivity index is 1.84. The maximum Gasteiger partial charge on any atom is 0.407 e. The van der Waals surface area contributed by atoms with E-state index in [1.807, 2.05) is 0 Å². The summed E-state index contributed by atoms with van der Waals surface area (Å²) in [5, 5.41) is 16.5. The Morgan fingerprint density at radius 3 is 2.78 bits per heavy atom. The van der Waals surface area contributed by atoms with Crippen molar-refractivity contribution in [3.63, 3.8) is 0 Å². The van der Waals surface area contributed by atoms with Gasteiger partial charge in [-0.1, -0.05) is 0 Å². The lowest BCUT2D eigenvalue weighted by Gasteiger charge is -2.33. The molecule has 0 aromatic carbocycles. The average molecular weight is 248 g/mol. The first-order chi connectivity index (χ1) is 8.75. The third-order valence-corrected chi connectivity index (χ3v) is 3.08. The summed E-state index contributed by atoms with van der Waals surface area (Å²) in [7, 11) is 0. The van der Waals surface area contributed by atoms with Crippen molar-refractivity contribution in [2.75, 3.05) is 31.1 Å². The highest BCUT2D eigenvalue weighted by Gasteiger charge is 2.22. The number of nitrogens with zero attached hydrogens (tertiary/aromatic N) is 5. The molecule has 1 fully saturated rings. The van der Waals surface area contributed by atoms with E-state index in [0.29, 0.717) is 31.8 Å². The van der Waals surface area contributed by atoms with Crippen molar-refractivity contribution in [2.24, 2.45) is 0 Å². The van der Waals surface area contributed by atoms with E-state index in [4.69, 9.17) is 5.11 Å². The van der Waals surface area contributed by atoms with Crippen LogP contribution in [0.15, 0.2) is 12.5 Å². The number of nitrogens with one attached hydrogen (secondary N) is 1. The number of aromatic amines is 1. The fourth-order valence-corrected chi connectivity index (χ4v) is 2.11. The van der Waals surface area contributed by atoms with Gasteiger partial charge in [-0.05, 0) is 0 Å². The zero-order valence-electron chi connectivity index (χ0n) is 9.57. The van der Waals surface area contributed by atoms with Crippen molar-refractivity contribution in [1.82, 2.24) is 25.1 Å². The highest BCUT2D eigenvalue weighted by Crippen LogP contribution is 2.21. The normalized spacial score (nSPS) is 16.2. The van der Waals surface area contributed by atoms with Gasteiger partial charge in [-0.3, -0.25) is 5.10 Å². The number of carbonyl (C=O) groups is 1. The fraction of sp³-hybridized carbons (Fsp3) is 0.400. The number of carboxylic acid groups (broad SMARTS) is 1. The predicted octanol–water partition coefficient (Wildman–Crippen LogP) is 0.153.